The van der Waals surface area contributed by atoms with E-state index in [1.54, 1.807) is 13.2 Å². The van der Waals surface area contributed by atoms with Crippen molar-refractivity contribution in [2.45, 2.75) is 26.7 Å². The van der Waals surface area contributed by atoms with E-state index in [1.807, 2.05) is 44.2 Å². The zero-order chi connectivity index (χ0) is 19.8. The maximum atomic E-state index is 12.0. The van der Waals surface area contributed by atoms with Crippen molar-refractivity contribution in [3.05, 3.63) is 52.5 Å². The molecule has 2 aromatic carbocycles. The third-order valence-corrected chi connectivity index (χ3v) is 4.43. The minimum absolute atomic E-state index is 0.176. The maximum Gasteiger partial charge on any atom is 0.226 e. The molecule has 0 unspecified atom stereocenters. The van der Waals surface area contributed by atoms with Gasteiger partial charge in [-0.15, -0.1) is 0 Å². The third kappa shape index (κ3) is 6.73. The molecular weight excluding hydrogens is 384 g/mol. The van der Waals surface area contributed by atoms with Crippen molar-refractivity contribution < 1.29 is 14.3 Å². The van der Waals surface area contributed by atoms with E-state index in [2.05, 4.69) is 10.6 Å². The third-order valence-electron chi connectivity index (χ3n) is 3.82. The van der Waals surface area contributed by atoms with E-state index in [-0.39, 0.29) is 11.0 Å². The van der Waals surface area contributed by atoms with E-state index in [1.165, 1.54) is 5.56 Å². The smallest absolute Gasteiger partial charge is 0.226 e. The van der Waals surface area contributed by atoms with Crippen molar-refractivity contribution in [1.29, 1.82) is 0 Å². The van der Waals surface area contributed by atoms with Crippen molar-refractivity contribution in [1.82, 2.24) is 5.32 Å². The van der Waals surface area contributed by atoms with Gasteiger partial charge in [0.1, 0.15) is 11.5 Å². The number of methoxy groups -OCH3 is 1. The summed E-state index contributed by atoms with van der Waals surface area (Å²) in [4.78, 5) is 12.0. The standard InChI is InChI=1S/C20H23ClN2O3S/c1-13-6-8-15(9-7-13)26-10-4-5-19(24)23-20(27)22-17-11-14(2)16(21)12-18(17)25-3/h6-9,11-12H,4-5,10H2,1-3H3,(H2,22,23,24,27). The minimum atomic E-state index is -0.176. The number of hydrogen-bond acceptors (Lipinski definition) is 4. The molecule has 0 saturated heterocycles. The lowest BCUT2D eigenvalue weighted by molar-refractivity contribution is -0.119. The van der Waals surface area contributed by atoms with Crippen LogP contribution in [0, 0.1) is 13.8 Å². The molecule has 0 radical (unpaired) electrons. The Hall–Kier alpha value is -2.31. The summed E-state index contributed by atoms with van der Waals surface area (Å²) in [6.45, 7) is 4.36. The van der Waals surface area contributed by atoms with Gasteiger partial charge in [0, 0.05) is 17.5 Å². The fourth-order valence-electron chi connectivity index (χ4n) is 2.33. The molecule has 2 aromatic rings. The lowest BCUT2D eigenvalue weighted by atomic mass is 10.2. The molecule has 0 saturated carbocycles. The lowest BCUT2D eigenvalue weighted by Crippen LogP contribution is -2.34. The molecule has 0 fully saturated rings. The molecule has 27 heavy (non-hydrogen) atoms. The predicted molar refractivity (Wildman–Crippen MR) is 113 cm³/mol. The van der Waals surface area contributed by atoms with Crippen molar-refractivity contribution in [2.24, 2.45) is 0 Å². The van der Waals surface area contributed by atoms with Gasteiger partial charge in [0.2, 0.25) is 5.91 Å². The molecule has 0 bridgehead atoms. The Morgan fingerprint density at radius 3 is 2.56 bits per heavy atom. The number of ether oxygens (including phenoxy) is 2. The Balaban J connectivity index is 1.76. The van der Waals surface area contributed by atoms with Crippen LogP contribution in [0.5, 0.6) is 11.5 Å². The van der Waals surface area contributed by atoms with Crippen molar-refractivity contribution in [3.8, 4) is 11.5 Å². The highest BCUT2D eigenvalue weighted by molar-refractivity contribution is 7.80. The number of anilines is 1. The first-order valence-electron chi connectivity index (χ1n) is 8.53. The number of nitrogens with one attached hydrogen (secondary N) is 2. The van der Waals surface area contributed by atoms with E-state index in [0.717, 1.165) is 11.3 Å². The second-order valence-electron chi connectivity index (χ2n) is 6.07. The minimum Gasteiger partial charge on any atom is -0.495 e. The molecule has 0 atom stereocenters. The summed E-state index contributed by atoms with van der Waals surface area (Å²) in [6.07, 6.45) is 0.899. The van der Waals surface area contributed by atoms with E-state index in [0.29, 0.717) is 35.9 Å². The summed E-state index contributed by atoms with van der Waals surface area (Å²) in [5.74, 6) is 1.17. The van der Waals surface area contributed by atoms with Crippen LogP contribution in [0.3, 0.4) is 0 Å². The monoisotopic (exact) mass is 406 g/mol. The number of carbonyl (C=O) groups excluding carboxylic acids is 1. The van der Waals surface area contributed by atoms with Gasteiger partial charge >= 0.3 is 0 Å². The predicted octanol–water partition coefficient (Wildman–Crippen LogP) is 4.64. The summed E-state index contributed by atoms with van der Waals surface area (Å²) in [5.41, 5.74) is 2.70. The molecule has 0 aliphatic carbocycles. The highest BCUT2D eigenvalue weighted by Crippen LogP contribution is 2.30. The van der Waals surface area contributed by atoms with Crippen LogP contribution >= 0.6 is 23.8 Å². The average Bonchev–Trinajstić information content (AvgIpc) is 2.63. The first kappa shape index (κ1) is 21.0. The summed E-state index contributed by atoms with van der Waals surface area (Å²) >= 11 is 11.3. The zero-order valence-electron chi connectivity index (χ0n) is 15.6. The van der Waals surface area contributed by atoms with Crippen molar-refractivity contribution in [2.75, 3.05) is 19.0 Å². The summed E-state index contributed by atoms with van der Waals surface area (Å²) < 4.78 is 10.9. The number of amides is 1. The van der Waals surface area contributed by atoms with E-state index >= 15 is 0 Å². The van der Waals surface area contributed by atoms with Gasteiger partial charge in [0.25, 0.3) is 0 Å². The number of halogens is 1. The summed E-state index contributed by atoms with van der Waals surface area (Å²) in [7, 11) is 1.54. The van der Waals surface area contributed by atoms with Gasteiger partial charge in [-0.1, -0.05) is 29.3 Å². The van der Waals surface area contributed by atoms with Crippen molar-refractivity contribution >= 4 is 40.5 Å². The summed E-state index contributed by atoms with van der Waals surface area (Å²) in [6, 6.07) is 11.3. The van der Waals surface area contributed by atoms with Gasteiger partial charge in [0.05, 0.1) is 19.4 Å². The molecule has 0 spiro atoms. The SMILES string of the molecule is COc1cc(Cl)c(C)cc1NC(=S)NC(=O)CCCOc1ccc(C)cc1. The number of thiocarbonyl (C=S) groups is 1. The van der Waals surface area contributed by atoms with Gasteiger partial charge < -0.3 is 20.1 Å². The topological polar surface area (TPSA) is 59.6 Å². The first-order chi connectivity index (χ1) is 12.9. The Kier molecular flexibility index (Phi) is 7.88. The Morgan fingerprint density at radius 2 is 1.89 bits per heavy atom. The van der Waals surface area contributed by atoms with Crippen LogP contribution in [0.1, 0.15) is 24.0 Å². The van der Waals surface area contributed by atoms with E-state index in [9.17, 15) is 4.79 Å². The molecule has 5 nitrogen and oxygen atoms in total. The molecule has 1 amide bonds. The lowest BCUT2D eigenvalue weighted by Gasteiger charge is -2.14. The first-order valence-corrected chi connectivity index (χ1v) is 9.32. The van der Waals surface area contributed by atoms with Crippen LogP contribution < -0.4 is 20.1 Å². The van der Waals surface area contributed by atoms with Gasteiger partial charge in [-0.2, -0.15) is 0 Å². The normalized spacial score (nSPS) is 10.2. The summed E-state index contributed by atoms with van der Waals surface area (Å²) in [5, 5.41) is 6.43. The molecule has 0 heterocycles. The van der Waals surface area contributed by atoms with E-state index in [4.69, 9.17) is 33.3 Å². The number of hydrogen-bond donors (Lipinski definition) is 2. The molecule has 2 rings (SSSR count). The van der Waals surface area contributed by atoms with Crippen LogP contribution in [0.2, 0.25) is 5.02 Å². The van der Waals surface area contributed by atoms with Crippen LogP contribution in [-0.4, -0.2) is 24.7 Å². The molecule has 0 aliphatic heterocycles. The number of aryl methyl sites for hydroxylation is 2. The average molecular weight is 407 g/mol. The van der Waals surface area contributed by atoms with Crippen molar-refractivity contribution in [3.63, 3.8) is 0 Å². The van der Waals surface area contributed by atoms with Crippen LogP contribution in [0.25, 0.3) is 0 Å². The second-order valence-corrected chi connectivity index (χ2v) is 6.88. The van der Waals surface area contributed by atoms with E-state index < -0.39 is 0 Å². The number of rotatable bonds is 7. The van der Waals surface area contributed by atoms with Crippen LogP contribution in [-0.2, 0) is 4.79 Å². The molecule has 0 aliphatic rings. The quantitative estimate of drug-likeness (QED) is 0.518. The Morgan fingerprint density at radius 1 is 1.19 bits per heavy atom. The highest BCUT2D eigenvalue weighted by atomic mass is 35.5. The van der Waals surface area contributed by atoms with Gasteiger partial charge in [-0.3, -0.25) is 4.79 Å². The second kappa shape index (κ2) is 10.1. The molecular formula is C20H23ClN2O3S. The highest BCUT2D eigenvalue weighted by Gasteiger charge is 2.10. The fourth-order valence-corrected chi connectivity index (χ4v) is 2.71. The molecule has 144 valence electrons. The number of benzene rings is 2. The molecule has 0 aromatic heterocycles. The number of carbonyl (C=O) groups is 1. The van der Waals surface area contributed by atoms with Gasteiger partial charge in [0.15, 0.2) is 5.11 Å². The van der Waals surface area contributed by atoms with Crippen LogP contribution in [0.4, 0.5) is 5.69 Å². The molecule has 7 heteroatoms. The Bertz CT molecular complexity index is 810. The molecule has 2 N–H and O–H groups in total. The van der Waals surface area contributed by atoms with Gasteiger partial charge in [-0.05, 0) is 56.2 Å². The maximum absolute atomic E-state index is 12.0. The largest absolute Gasteiger partial charge is 0.495 e. The van der Waals surface area contributed by atoms with Crippen LogP contribution in [0.15, 0.2) is 36.4 Å². The fraction of sp³-hybridized carbons (Fsp3) is 0.300. The zero-order valence-corrected chi connectivity index (χ0v) is 17.2. The Labute approximate surface area is 170 Å². The van der Waals surface area contributed by atoms with Gasteiger partial charge in [-0.25, -0.2) is 0 Å².